The van der Waals surface area contributed by atoms with E-state index in [9.17, 15) is 4.79 Å². The van der Waals surface area contributed by atoms with Crippen LogP contribution in [0.25, 0.3) is 0 Å². The highest BCUT2D eigenvalue weighted by Crippen LogP contribution is 2.19. The lowest BCUT2D eigenvalue weighted by atomic mass is 10.0. The summed E-state index contributed by atoms with van der Waals surface area (Å²) in [6.07, 6.45) is 4.67. The van der Waals surface area contributed by atoms with E-state index in [0.29, 0.717) is 28.7 Å². The molecular weight excluding hydrogens is 419 g/mol. The SMILES string of the molecule is O=C(NN1CCCCC1)c1nc(Cc2ccc(Cl)cc2)c(Cc2ccc(Cl)cc2)[nH]1. The Labute approximate surface area is 186 Å². The van der Waals surface area contributed by atoms with Crippen molar-refractivity contribution < 1.29 is 4.79 Å². The first kappa shape index (κ1) is 20.9. The second-order valence-corrected chi connectivity index (χ2v) is 8.48. The van der Waals surface area contributed by atoms with Gasteiger partial charge in [0.15, 0.2) is 5.82 Å². The lowest BCUT2D eigenvalue weighted by Crippen LogP contribution is -2.45. The summed E-state index contributed by atoms with van der Waals surface area (Å²) >= 11 is 12.0. The second-order valence-electron chi connectivity index (χ2n) is 7.61. The molecule has 5 nitrogen and oxygen atoms in total. The molecule has 3 aromatic rings. The minimum Gasteiger partial charge on any atom is -0.337 e. The number of hydrazine groups is 1. The molecule has 1 fully saturated rings. The summed E-state index contributed by atoms with van der Waals surface area (Å²) in [5.74, 6) is 0.144. The number of H-pyrrole nitrogens is 1. The van der Waals surface area contributed by atoms with Crippen molar-refractivity contribution in [2.24, 2.45) is 0 Å². The molecular formula is C23H24Cl2N4O. The molecule has 1 amide bonds. The topological polar surface area (TPSA) is 61.0 Å². The van der Waals surface area contributed by atoms with Crippen LogP contribution in [0.3, 0.4) is 0 Å². The number of halogens is 2. The zero-order valence-electron chi connectivity index (χ0n) is 16.6. The van der Waals surface area contributed by atoms with Crippen LogP contribution in [0.2, 0.25) is 10.0 Å². The first-order valence-corrected chi connectivity index (χ1v) is 10.9. The maximum absolute atomic E-state index is 12.8. The van der Waals surface area contributed by atoms with Gasteiger partial charge in [-0.25, -0.2) is 9.99 Å². The zero-order chi connectivity index (χ0) is 20.9. The van der Waals surface area contributed by atoms with Gasteiger partial charge in [-0.05, 0) is 48.2 Å². The largest absolute Gasteiger partial charge is 0.337 e. The molecule has 0 atom stereocenters. The van der Waals surface area contributed by atoms with Crippen molar-refractivity contribution >= 4 is 29.1 Å². The molecule has 0 unspecified atom stereocenters. The number of carbonyl (C=O) groups is 1. The molecule has 0 radical (unpaired) electrons. The van der Waals surface area contributed by atoms with E-state index in [2.05, 4.69) is 15.4 Å². The molecule has 1 saturated heterocycles. The predicted octanol–water partition coefficient (Wildman–Crippen LogP) is 5.03. The van der Waals surface area contributed by atoms with Crippen LogP contribution in [-0.2, 0) is 12.8 Å². The summed E-state index contributed by atoms with van der Waals surface area (Å²) in [5.41, 5.74) is 6.96. The maximum Gasteiger partial charge on any atom is 0.301 e. The minimum absolute atomic E-state index is 0.198. The molecule has 1 aliphatic heterocycles. The van der Waals surface area contributed by atoms with Crippen LogP contribution in [0.5, 0.6) is 0 Å². The van der Waals surface area contributed by atoms with E-state index >= 15 is 0 Å². The van der Waals surface area contributed by atoms with Crippen LogP contribution < -0.4 is 5.43 Å². The van der Waals surface area contributed by atoms with Crippen LogP contribution in [-0.4, -0.2) is 34.0 Å². The fraction of sp³-hybridized carbons (Fsp3) is 0.304. The Morgan fingerprint density at radius 1 is 0.900 bits per heavy atom. The normalized spacial score (nSPS) is 14.6. The van der Waals surface area contributed by atoms with Gasteiger partial charge in [0.25, 0.3) is 0 Å². The lowest BCUT2D eigenvalue weighted by molar-refractivity contribution is 0.0739. The molecule has 2 aromatic carbocycles. The summed E-state index contributed by atoms with van der Waals surface area (Å²) in [6.45, 7) is 1.75. The number of imidazole rings is 1. The van der Waals surface area contributed by atoms with Crippen LogP contribution in [0.1, 0.15) is 52.4 Å². The van der Waals surface area contributed by atoms with Gasteiger partial charge in [-0.15, -0.1) is 0 Å². The highest BCUT2D eigenvalue weighted by molar-refractivity contribution is 6.30. The molecule has 2 heterocycles. The average molecular weight is 443 g/mol. The molecule has 1 aliphatic rings. The highest BCUT2D eigenvalue weighted by atomic mass is 35.5. The maximum atomic E-state index is 12.8. The van der Waals surface area contributed by atoms with Crippen molar-refractivity contribution in [1.29, 1.82) is 0 Å². The third-order valence-corrected chi connectivity index (χ3v) is 5.78. The first-order valence-electron chi connectivity index (χ1n) is 10.2. The molecule has 4 rings (SSSR count). The van der Waals surface area contributed by atoms with Crippen molar-refractivity contribution in [1.82, 2.24) is 20.4 Å². The Morgan fingerprint density at radius 3 is 2.07 bits per heavy atom. The van der Waals surface area contributed by atoms with Gasteiger partial charge in [0.05, 0.1) is 5.69 Å². The highest BCUT2D eigenvalue weighted by Gasteiger charge is 2.19. The van der Waals surface area contributed by atoms with E-state index in [0.717, 1.165) is 48.4 Å². The third kappa shape index (κ3) is 5.42. The molecule has 0 bridgehead atoms. The van der Waals surface area contributed by atoms with E-state index in [1.807, 2.05) is 53.5 Å². The standard InChI is InChI=1S/C23H24Cl2N4O/c24-18-8-4-16(5-9-18)14-20-21(15-17-6-10-19(25)11-7-17)27-22(26-20)23(30)28-29-12-2-1-3-13-29/h4-11H,1-3,12-15H2,(H,26,27)(H,28,30). The fourth-order valence-corrected chi connectivity index (χ4v) is 3.90. The summed E-state index contributed by atoms with van der Waals surface area (Å²) in [6, 6.07) is 15.4. The van der Waals surface area contributed by atoms with E-state index in [4.69, 9.17) is 23.2 Å². The number of nitrogens with zero attached hydrogens (tertiary/aromatic N) is 2. The number of aromatic amines is 1. The predicted molar refractivity (Wildman–Crippen MR) is 120 cm³/mol. The van der Waals surface area contributed by atoms with Crippen molar-refractivity contribution in [3.63, 3.8) is 0 Å². The second kappa shape index (κ2) is 9.65. The number of hydrogen-bond acceptors (Lipinski definition) is 3. The van der Waals surface area contributed by atoms with Crippen LogP contribution in [0.15, 0.2) is 48.5 Å². The number of aromatic nitrogens is 2. The van der Waals surface area contributed by atoms with Gasteiger partial charge in [0.1, 0.15) is 0 Å². The molecule has 156 valence electrons. The Hall–Kier alpha value is -2.34. The average Bonchev–Trinajstić information content (AvgIpc) is 3.14. The number of rotatable bonds is 6. The Bertz CT molecular complexity index is 928. The number of carbonyl (C=O) groups excluding carboxylic acids is 1. The molecule has 7 heteroatoms. The molecule has 1 aromatic heterocycles. The van der Waals surface area contributed by atoms with E-state index in [1.54, 1.807) is 0 Å². The number of amides is 1. The van der Waals surface area contributed by atoms with E-state index in [-0.39, 0.29) is 5.91 Å². The van der Waals surface area contributed by atoms with Gasteiger partial charge < -0.3 is 4.98 Å². The van der Waals surface area contributed by atoms with Crippen LogP contribution in [0.4, 0.5) is 0 Å². The van der Waals surface area contributed by atoms with Crippen molar-refractivity contribution in [3.8, 4) is 0 Å². The monoisotopic (exact) mass is 442 g/mol. The van der Waals surface area contributed by atoms with Gasteiger partial charge in [-0.2, -0.15) is 0 Å². The Kier molecular flexibility index (Phi) is 6.72. The van der Waals surface area contributed by atoms with E-state index in [1.165, 1.54) is 6.42 Å². The summed E-state index contributed by atoms with van der Waals surface area (Å²) in [7, 11) is 0. The van der Waals surface area contributed by atoms with Gasteiger partial charge in [-0.3, -0.25) is 10.2 Å². The van der Waals surface area contributed by atoms with Gasteiger partial charge >= 0.3 is 5.91 Å². The smallest absolute Gasteiger partial charge is 0.301 e. The lowest BCUT2D eigenvalue weighted by Gasteiger charge is -2.26. The van der Waals surface area contributed by atoms with Crippen LogP contribution in [0, 0.1) is 0 Å². The van der Waals surface area contributed by atoms with Gasteiger partial charge in [0, 0.05) is 41.7 Å². The molecule has 0 aliphatic carbocycles. The Morgan fingerprint density at radius 2 is 1.47 bits per heavy atom. The molecule has 30 heavy (non-hydrogen) atoms. The van der Waals surface area contributed by atoms with Crippen molar-refractivity contribution in [3.05, 3.63) is 86.9 Å². The molecule has 0 saturated carbocycles. The van der Waals surface area contributed by atoms with Crippen molar-refractivity contribution in [2.45, 2.75) is 32.1 Å². The fourth-order valence-electron chi connectivity index (χ4n) is 3.65. The molecule has 2 N–H and O–H groups in total. The third-order valence-electron chi connectivity index (χ3n) is 5.27. The number of benzene rings is 2. The van der Waals surface area contributed by atoms with Crippen molar-refractivity contribution in [2.75, 3.05) is 13.1 Å². The van der Waals surface area contributed by atoms with Crippen LogP contribution >= 0.6 is 23.2 Å². The number of piperidine rings is 1. The number of hydrogen-bond donors (Lipinski definition) is 2. The summed E-state index contributed by atoms with van der Waals surface area (Å²) in [5, 5.41) is 3.38. The zero-order valence-corrected chi connectivity index (χ0v) is 18.1. The quantitative estimate of drug-likeness (QED) is 0.562. The number of nitrogens with one attached hydrogen (secondary N) is 2. The summed E-state index contributed by atoms with van der Waals surface area (Å²) < 4.78 is 0. The van der Waals surface area contributed by atoms with Gasteiger partial charge in [0.2, 0.25) is 0 Å². The summed E-state index contributed by atoms with van der Waals surface area (Å²) in [4.78, 5) is 20.7. The van der Waals surface area contributed by atoms with E-state index < -0.39 is 0 Å². The first-order chi connectivity index (χ1) is 14.6. The molecule has 0 spiro atoms. The Balaban J connectivity index is 1.57. The van der Waals surface area contributed by atoms with Gasteiger partial charge in [-0.1, -0.05) is 53.9 Å². The minimum atomic E-state index is -0.198.